The average Bonchev–Trinajstić information content (AvgIpc) is 2.48. The number of ether oxygens (including phenoxy) is 1. The number of methoxy groups -OCH3 is 1. The second kappa shape index (κ2) is 6.88. The first kappa shape index (κ1) is 15.0. The van der Waals surface area contributed by atoms with E-state index in [1.165, 1.54) is 0 Å². The summed E-state index contributed by atoms with van der Waals surface area (Å²) in [5.74, 6) is 0.853. The molecule has 1 atom stereocenters. The Bertz CT molecular complexity index is 444. The Hall–Kier alpha value is -1.36. The van der Waals surface area contributed by atoms with E-state index in [9.17, 15) is 10.2 Å². The molecule has 0 bridgehead atoms. The first-order valence-electron chi connectivity index (χ1n) is 7.01. The molecule has 4 nitrogen and oxygen atoms in total. The van der Waals surface area contributed by atoms with Gasteiger partial charge in [0.1, 0.15) is 11.4 Å². The van der Waals surface area contributed by atoms with Crippen LogP contribution in [0.25, 0.3) is 6.08 Å². The molecule has 1 heterocycles. The molecule has 0 saturated carbocycles. The van der Waals surface area contributed by atoms with Crippen LogP contribution in [0.2, 0.25) is 0 Å². The summed E-state index contributed by atoms with van der Waals surface area (Å²) in [7, 11) is 1.66. The zero-order chi connectivity index (χ0) is 14.4. The summed E-state index contributed by atoms with van der Waals surface area (Å²) in [6.07, 6.45) is 5.76. The van der Waals surface area contributed by atoms with Gasteiger partial charge in [-0.15, -0.1) is 0 Å². The molecule has 0 radical (unpaired) electrons. The quantitative estimate of drug-likeness (QED) is 0.857. The smallest absolute Gasteiger partial charge is 0.118 e. The Kier molecular flexibility index (Phi) is 5.17. The van der Waals surface area contributed by atoms with Crippen LogP contribution in [0.3, 0.4) is 0 Å². The number of piperidine rings is 1. The van der Waals surface area contributed by atoms with E-state index in [2.05, 4.69) is 17.1 Å². The van der Waals surface area contributed by atoms with Gasteiger partial charge in [0.25, 0.3) is 0 Å². The van der Waals surface area contributed by atoms with E-state index < -0.39 is 5.60 Å². The lowest BCUT2D eigenvalue weighted by Gasteiger charge is -2.37. The van der Waals surface area contributed by atoms with Gasteiger partial charge in [0.15, 0.2) is 0 Å². The molecule has 1 saturated heterocycles. The number of rotatable bonds is 5. The number of hydrogen-bond donors (Lipinski definition) is 2. The van der Waals surface area contributed by atoms with Crippen molar-refractivity contribution in [2.75, 3.05) is 33.4 Å². The molecule has 0 aromatic heterocycles. The summed E-state index contributed by atoms with van der Waals surface area (Å²) in [6.45, 7) is 2.13. The predicted molar refractivity (Wildman–Crippen MR) is 79.7 cm³/mol. The molecule has 1 aromatic rings. The molecule has 4 heteroatoms. The van der Waals surface area contributed by atoms with Crippen LogP contribution in [0.15, 0.2) is 30.3 Å². The third-order valence-corrected chi connectivity index (χ3v) is 3.72. The monoisotopic (exact) mass is 277 g/mol. The fraction of sp³-hybridized carbons (Fsp3) is 0.500. The molecule has 0 amide bonds. The van der Waals surface area contributed by atoms with Crippen LogP contribution in [0, 0.1) is 0 Å². The molecule has 110 valence electrons. The van der Waals surface area contributed by atoms with Crippen molar-refractivity contribution in [3.8, 4) is 5.75 Å². The van der Waals surface area contributed by atoms with Crippen molar-refractivity contribution in [2.45, 2.75) is 18.4 Å². The minimum Gasteiger partial charge on any atom is -0.497 e. The highest BCUT2D eigenvalue weighted by molar-refractivity contribution is 5.50. The van der Waals surface area contributed by atoms with Gasteiger partial charge in [-0.05, 0) is 37.1 Å². The van der Waals surface area contributed by atoms with Gasteiger partial charge in [-0.1, -0.05) is 24.3 Å². The van der Waals surface area contributed by atoms with Gasteiger partial charge in [0.2, 0.25) is 0 Å². The first-order valence-corrected chi connectivity index (χ1v) is 7.01. The number of aliphatic hydroxyl groups excluding tert-OH is 1. The van der Waals surface area contributed by atoms with Crippen LogP contribution >= 0.6 is 0 Å². The number of nitrogens with zero attached hydrogens (tertiary/aromatic N) is 1. The van der Waals surface area contributed by atoms with Crippen molar-refractivity contribution in [2.24, 2.45) is 0 Å². The highest BCUT2D eigenvalue weighted by Gasteiger charge is 2.31. The van der Waals surface area contributed by atoms with Crippen molar-refractivity contribution >= 4 is 6.08 Å². The molecule has 2 N–H and O–H groups in total. The van der Waals surface area contributed by atoms with Crippen molar-refractivity contribution in [3.63, 3.8) is 0 Å². The van der Waals surface area contributed by atoms with E-state index in [0.717, 1.165) is 30.8 Å². The van der Waals surface area contributed by atoms with Crippen LogP contribution < -0.4 is 4.74 Å². The minimum atomic E-state index is -0.924. The van der Waals surface area contributed by atoms with Crippen LogP contribution in [0.4, 0.5) is 0 Å². The van der Waals surface area contributed by atoms with Crippen molar-refractivity contribution in [1.29, 1.82) is 0 Å². The van der Waals surface area contributed by atoms with E-state index in [0.29, 0.717) is 13.0 Å². The molecule has 0 spiro atoms. The fourth-order valence-electron chi connectivity index (χ4n) is 2.54. The fourth-order valence-corrected chi connectivity index (χ4v) is 2.54. The number of benzene rings is 1. The first-order chi connectivity index (χ1) is 9.65. The van der Waals surface area contributed by atoms with Crippen LogP contribution in [0.1, 0.15) is 18.4 Å². The molecular formula is C16H23NO3. The maximum Gasteiger partial charge on any atom is 0.118 e. The van der Waals surface area contributed by atoms with Crippen molar-refractivity contribution < 1.29 is 14.9 Å². The summed E-state index contributed by atoms with van der Waals surface area (Å²) in [5, 5.41) is 19.3. The highest BCUT2D eigenvalue weighted by Crippen LogP contribution is 2.20. The summed E-state index contributed by atoms with van der Waals surface area (Å²) in [4.78, 5) is 2.17. The maximum absolute atomic E-state index is 10.1. The Morgan fingerprint density at radius 1 is 1.35 bits per heavy atom. The van der Waals surface area contributed by atoms with E-state index in [1.807, 2.05) is 24.3 Å². The third kappa shape index (κ3) is 4.07. The van der Waals surface area contributed by atoms with Gasteiger partial charge in [0, 0.05) is 13.1 Å². The molecule has 0 unspecified atom stereocenters. The number of aliphatic hydroxyl groups is 2. The molecule has 1 fully saturated rings. The Morgan fingerprint density at radius 3 is 2.75 bits per heavy atom. The van der Waals surface area contributed by atoms with Crippen LogP contribution in [-0.2, 0) is 0 Å². The highest BCUT2D eigenvalue weighted by atomic mass is 16.5. The Balaban J connectivity index is 1.86. The molecule has 1 aliphatic rings. The molecule has 2 rings (SSSR count). The molecule has 1 aromatic carbocycles. The summed E-state index contributed by atoms with van der Waals surface area (Å²) >= 11 is 0. The molecule has 20 heavy (non-hydrogen) atoms. The zero-order valence-corrected chi connectivity index (χ0v) is 12.0. The normalized spacial score (nSPS) is 24.1. The topological polar surface area (TPSA) is 52.9 Å². The summed E-state index contributed by atoms with van der Waals surface area (Å²) in [6, 6.07) is 7.89. The molecular weight excluding hydrogens is 254 g/mol. The number of hydrogen-bond acceptors (Lipinski definition) is 4. The van der Waals surface area contributed by atoms with Gasteiger partial charge in [-0.3, -0.25) is 4.90 Å². The zero-order valence-electron chi connectivity index (χ0n) is 12.0. The number of β-amino-alcohol motifs (C(OH)–C–C–N with tert-alkyl or cyclic N) is 1. The van der Waals surface area contributed by atoms with Gasteiger partial charge in [-0.25, -0.2) is 0 Å². The van der Waals surface area contributed by atoms with Crippen molar-refractivity contribution in [1.82, 2.24) is 4.90 Å². The SMILES string of the molecule is COc1ccc(/C=C/CN2CCC[C@](O)(CO)C2)cc1. The van der Waals surface area contributed by atoms with Gasteiger partial charge < -0.3 is 14.9 Å². The molecule has 0 aliphatic carbocycles. The second-order valence-electron chi connectivity index (χ2n) is 5.40. The van der Waals surface area contributed by atoms with E-state index in [4.69, 9.17) is 4.74 Å². The Morgan fingerprint density at radius 2 is 2.10 bits per heavy atom. The largest absolute Gasteiger partial charge is 0.497 e. The number of likely N-dealkylation sites (tertiary alicyclic amines) is 1. The Labute approximate surface area is 120 Å². The lowest BCUT2D eigenvalue weighted by atomic mass is 9.94. The minimum absolute atomic E-state index is 0.161. The van der Waals surface area contributed by atoms with E-state index >= 15 is 0 Å². The third-order valence-electron chi connectivity index (χ3n) is 3.72. The van der Waals surface area contributed by atoms with Crippen LogP contribution in [-0.4, -0.2) is 54.1 Å². The van der Waals surface area contributed by atoms with Gasteiger partial charge in [0.05, 0.1) is 13.7 Å². The molecule has 1 aliphatic heterocycles. The maximum atomic E-state index is 10.1. The summed E-state index contributed by atoms with van der Waals surface area (Å²) in [5.41, 5.74) is 0.201. The lowest BCUT2D eigenvalue weighted by molar-refractivity contribution is -0.0643. The van der Waals surface area contributed by atoms with Crippen LogP contribution in [0.5, 0.6) is 5.75 Å². The van der Waals surface area contributed by atoms with E-state index in [-0.39, 0.29) is 6.61 Å². The van der Waals surface area contributed by atoms with Gasteiger partial charge in [-0.2, -0.15) is 0 Å². The second-order valence-corrected chi connectivity index (χ2v) is 5.40. The van der Waals surface area contributed by atoms with Gasteiger partial charge >= 0.3 is 0 Å². The predicted octanol–water partition coefficient (Wildman–Crippen LogP) is 1.53. The lowest BCUT2D eigenvalue weighted by Crippen LogP contribution is -2.50. The standard InChI is InChI=1S/C16H23NO3/c1-20-15-7-5-14(6-8-15)4-2-10-17-11-3-9-16(19,12-17)13-18/h2,4-8,18-19H,3,9-13H2,1H3/b4-2+/t16-/m1/s1. The summed E-state index contributed by atoms with van der Waals surface area (Å²) < 4.78 is 5.12. The van der Waals surface area contributed by atoms with Crippen molar-refractivity contribution in [3.05, 3.63) is 35.9 Å². The average molecular weight is 277 g/mol. The van der Waals surface area contributed by atoms with E-state index in [1.54, 1.807) is 7.11 Å².